The Balaban J connectivity index is 1.55. The summed E-state index contributed by atoms with van der Waals surface area (Å²) in [5.74, 6) is -0.526. The van der Waals surface area contributed by atoms with Gasteiger partial charge < -0.3 is 10.6 Å². The Labute approximate surface area is 166 Å². The van der Waals surface area contributed by atoms with Crippen molar-refractivity contribution in [3.63, 3.8) is 0 Å². The Bertz CT molecular complexity index is 915. The van der Waals surface area contributed by atoms with Crippen LogP contribution in [0.4, 0.5) is 5.69 Å². The molecule has 1 aliphatic rings. The first-order valence-corrected chi connectivity index (χ1v) is 9.46. The molecular formula is C19H17ClN4O2S. The van der Waals surface area contributed by atoms with Gasteiger partial charge in [0.2, 0.25) is 11.8 Å². The largest absolute Gasteiger partial charge is 0.326 e. The molecule has 1 heterocycles. The summed E-state index contributed by atoms with van der Waals surface area (Å²) in [7, 11) is 0. The molecule has 0 saturated carbocycles. The Morgan fingerprint density at radius 3 is 2.81 bits per heavy atom. The molecule has 0 aliphatic carbocycles. The highest BCUT2D eigenvalue weighted by molar-refractivity contribution is 8.15. The second-order valence-electron chi connectivity index (χ2n) is 5.87. The van der Waals surface area contributed by atoms with E-state index in [4.69, 9.17) is 11.6 Å². The Kier molecular flexibility index (Phi) is 6.26. The molecule has 1 aliphatic heterocycles. The van der Waals surface area contributed by atoms with Crippen LogP contribution in [-0.4, -0.2) is 28.4 Å². The van der Waals surface area contributed by atoms with Gasteiger partial charge in [-0.05, 0) is 30.2 Å². The highest BCUT2D eigenvalue weighted by atomic mass is 35.5. The number of carbonyl (C=O) groups excluding carboxylic acids is 2. The average Bonchev–Trinajstić information content (AvgIpc) is 2.98. The van der Waals surface area contributed by atoms with Crippen molar-refractivity contribution in [2.24, 2.45) is 10.2 Å². The van der Waals surface area contributed by atoms with Crippen LogP contribution in [0.5, 0.6) is 0 Å². The zero-order valence-electron chi connectivity index (χ0n) is 14.5. The summed E-state index contributed by atoms with van der Waals surface area (Å²) < 4.78 is 0. The van der Waals surface area contributed by atoms with E-state index in [1.54, 1.807) is 18.3 Å². The summed E-state index contributed by atoms with van der Waals surface area (Å²) in [5.41, 5.74) is 2.43. The van der Waals surface area contributed by atoms with Crippen LogP contribution >= 0.6 is 23.4 Å². The first kappa shape index (κ1) is 19.1. The summed E-state index contributed by atoms with van der Waals surface area (Å²) >= 11 is 7.24. The molecule has 1 fully saturated rings. The summed E-state index contributed by atoms with van der Waals surface area (Å²) in [6.07, 6.45) is 1.63. The summed E-state index contributed by atoms with van der Waals surface area (Å²) in [4.78, 5) is 24.2. The molecule has 0 radical (unpaired) electrons. The molecule has 6 nitrogen and oxygen atoms in total. The molecule has 8 heteroatoms. The zero-order valence-corrected chi connectivity index (χ0v) is 16.1. The van der Waals surface area contributed by atoms with Gasteiger partial charge in [-0.25, -0.2) is 0 Å². The van der Waals surface area contributed by atoms with E-state index in [2.05, 4.69) is 20.8 Å². The fraction of sp³-hybridized carbons (Fsp3) is 0.158. The van der Waals surface area contributed by atoms with Gasteiger partial charge >= 0.3 is 0 Å². The molecule has 2 aromatic rings. The molecule has 1 unspecified atom stereocenters. The Morgan fingerprint density at radius 2 is 2.07 bits per heavy atom. The van der Waals surface area contributed by atoms with Crippen molar-refractivity contribution in [3.8, 4) is 0 Å². The fourth-order valence-corrected chi connectivity index (χ4v) is 3.43. The summed E-state index contributed by atoms with van der Waals surface area (Å²) in [6, 6.07) is 14.8. The van der Waals surface area contributed by atoms with Gasteiger partial charge in [0, 0.05) is 17.1 Å². The number of carbonyl (C=O) groups is 2. The maximum absolute atomic E-state index is 12.2. The molecule has 0 aromatic heterocycles. The molecule has 2 amide bonds. The maximum atomic E-state index is 12.2. The van der Waals surface area contributed by atoms with E-state index in [1.807, 2.05) is 43.3 Å². The number of anilines is 1. The van der Waals surface area contributed by atoms with Crippen molar-refractivity contribution in [3.05, 3.63) is 64.7 Å². The minimum Gasteiger partial charge on any atom is -0.326 e. The second-order valence-corrected chi connectivity index (χ2v) is 7.47. The number of aryl methyl sites for hydroxylation is 1. The van der Waals surface area contributed by atoms with Gasteiger partial charge in [0.15, 0.2) is 5.17 Å². The molecular weight excluding hydrogens is 384 g/mol. The monoisotopic (exact) mass is 400 g/mol. The predicted octanol–water partition coefficient (Wildman–Crippen LogP) is 3.60. The quantitative estimate of drug-likeness (QED) is 0.594. The third-order valence-corrected chi connectivity index (χ3v) is 5.24. The van der Waals surface area contributed by atoms with E-state index < -0.39 is 5.25 Å². The van der Waals surface area contributed by atoms with Crippen molar-refractivity contribution in [1.82, 2.24) is 5.32 Å². The van der Waals surface area contributed by atoms with Crippen LogP contribution in [0.3, 0.4) is 0 Å². The molecule has 138 valence electrons. The first-order valence-electron chi connectivity index (χ1n) is 8.21. The minimum absolute atomic E-state index is 0.0312. The molecule has 0 spiro atoms. The van der Waals surface area contributed by atoms with Gasteiger partial charge in [0.1, 0.15) is 5.25 Å². The number of halogens is 1. The number of amidine groups is 1. The standard InChI is InChI=1S/C19H17ClN4O2S/c1-12-7-8-14(9-15(12)20)22-17(25)10-16-18(26)23-19(27-16)24-21-11-13-5-3-2-4-6-13/h2-9,11,16H,10H2,1H3,(H,22,25)(H,23,24,26). The van der Waals surface area contributed by atoms with Crippen LogP contribution in [-0.2, 0) is 9.59 Å². The van der Waals surface area contributed by atoms with Gasteiger partial charge in [0.05, 0.1) is 6.21 Å². The topological polar surface area (TPSA) is 82.9 Å². The number of hydrogen-bond acceptors (Lipinski definition) is 5. The van der Waals surface area contributed by atoms with Crippen molar-refractivity contribution < 1.29 is 9.59 Å². The van der Waals surface area contributed by atoms with Crippen LogP contribution in [0.2, 0.25) is 5.02 Å². The number of thioether (sulfide) groups is 1. The van der Waals surface area contributed by atoms with Crippen LogP contribution in [0.1, 0.15) is 17.5 Å². The smallest absolute Gasteiger partial charge is 0.240 e. The fourth-order valence-electron chi connectivity index (χ4n) is 2.32. The van der Waals surface area contributed by atoms with E-state index in [9.17, 15) is 9.59 Å². The van der Waals surface area contributed by atoms with Crippen molar-refractivity contribution in [2.45, 2.75) is 18.6 Å². The Hall–Kier alpha value is -2.64. The van der Waals surface area contributed by atoms with E-state index >= 15 is 0 Å². The lowest BCUT2D eigenvalue weighted by atomic mass is 10.2. The lowest BCUT2D eigenvalue weighted by Crippen LogP contribution is -2.28. The van der Waals surface area contributed by atoms with E-state index in [0.29, 0.717) is 15.9 Å². The van der Waals surface area contributed by atoms with Gasteiger partial charge in [-0.3, -0.25) is 9.59 Å². The highest BCUT2D eigenvalue weighted by Crippen LogP contribution is 2.24. The third kappa shape index (κ3) is 5.42. The summed E-state index contributed by atoms with van der Waals surface area (Å²) in [5, 5.41) is 13.8. The lowest BCUT2D eigenvalue weighted by Gasteiger charge is -2.08. The predicted molar refractivity (Wildman–Crippen MR) is 110 cm³/mol. The highest BCUT2D eigenvalue weighted by Gasteiger charge is 2.32. The molecule has 1 atom stereocenters. The SMILES string of the molecule is Cc1ccc(NC(=O)CC2S/C(=N\N=Cc3ccccc3)NC2=O)cc1Cl. The first-order chi connectivity index (χ1) is 13.0. The number of rotatable bonds is 5. The molecule has 3 rings (SSSR count). The van der Waals surface area contributed by atoms with Crippen LogP contribution < -0.4 is 10.6 Å². The number of hydrogen-bond donors (Lipinski definition) is 2. The normalized spacial score (nSPS) is 18.1. The number of amides is 2. The lowest BCUT2D eigenvalue weighted by molar-refractivity contribution is -0.122. The zero-order chi connectivity index (χ0) is 19.2. The molecule has 0 bridgehead atoms. The van der Waals surface area contributed by atoms with Gasteiger partial charge in [0.25, 0.3) is 0 Å². The van der Waals surface area contributed by atoms with E-state index in [-0.39, 0.29) is 18.2 Å². The van der Waals surface area contributed by atoms with E-state index in [0.717, 1.165) is 11.1 Å². The van der Waals surface area contributed by atoms with E-state index in [1.165, 1.54) is 11.8 Å². The number of nitrogens with one attached hydrogen (secondary N) is 2. The number of nitrogens with zero attached hydrogens (tertiary/aromatic N) is 2. The van der Waals surface area contributed by atoms with Gasteiger partial charge in [-0.15, -0.1) is 5.10 Å². The summed E-state index contributed by atoms with van der Waals surface area (Å²) in [6.45, 7) is 1.88. The third-order valence-electron chi connectivity index (χ3n) is 3.76. The molecule has 2 aromatic carbocycles. The second kappa shape index (κ2) is 8.83. The van der Waals surface area contributed by atoms with Crippen molar-refractivity contribution in [1.29, 1.82) is 0 Å². The Morgan fingerprint density at radius 1 is 1.30 bits per heavy atom. The van der Waals surface area contributed by atoms with Crippen molar-refractivity contribution >= 4 is 52.2 Å². The molecule has 1 saturated heterocycles. The average molecular weight is 401 g/mol. The molecule has 2 N–H and O–H groups in total. The van der Waals surface area contributed by atoms with Crippen LogP contribution in [0, 0.1) is 6.92 Å². The van der Waals surface area contributed by atoms with Gasteiger partial charge in [-0.1, -0.05) is 59.8 Å². The van der Waals surface area contributed by atoms with Crippen molar-refractivity contribution in [2.75, 3.05) is 5.32 Å². The molecule has 27 heavy (non-hydrogen) atoms. The van der Waals surface area contributed by atoms with Crippen LogP contribution in [0.15, 0.2) is 58.7 Å². The minimum atomic E-state index is -0.545. The van der Waals surface area contributed by atoms with Gasteiger partial charge in [-0.2, -0.15) is 5.10 Å². The van der Waals surface area contributed by atoms with Crippen LogP contribution in [0.25, 0.3) is 0 Å². The maximum Gasteiger partial charge on any atom is 0.240 e. The number of benzene rings is 2.